The average molecular weight is 579 g/mol. The molecule has 0 bridgehead atoms. The van der Waals surface area contributed by atoms with Crippen LogP contribution < -0.4 is 0 Å². The summed E-state index contributed by atoms with van der Waals surface area (Å²) in [5, 5.41) is 2.63. The van der Waals surface area contributed by atoms with Crippen molar-refractivity contribution < 1.29 is 0 Å². The SMILES string of the molecule is CC(C)c1ccc2c(c1)sc1ccc(-c3nc4ccccc4n3-c3c(C(C)C)cc(-c4ccccc4)cc3C(C)C)cc12. The van der Waals surface area contributed by atoms with E-state index in [4.69, 9.17) is 4.98 Å². The third kappa shape index (κ3) is 4.77. The number of aromatic nitrogens is 2. The van der Waals surface area contributed by atoms with Crippen molar-refractivity contribution in [3.05, 3.63) is 120 Å². The van der Waals surface area contributed by atoms with E-state index in [9.17, 15) is 0 Å². The highest BCUT2D eigenvalue weighted by Crippen LogP contribution is 2.42. The Morgan fingerprint density at radius 3 is 1.95 bits per heavy atom. The minimum absolute atomic E-state index is 0.337. The van der Waals surface area contributed by atoms with Gasteiger partial charge in [0, 0.05) is 25.7 Å². The lowest BCUT2D eigenvalue weighted by molar-refractivity contribution is 0.811. The quantitative estimate of drug-likeness (QED) is 0.192. The first-order valence-corrected chi connectivity index (χ1v) is 16.3. The van der Waals surface area contributed by atoms with Crippen LogP contribution in [-0.4, -0.2) is 9.55 Å². The van der Waals surface area contributed by atoms with E-state index in [1.165, 1.54) is 53.7 Å². The first-order valence-electron chi connectivity index (χ1n) is 15.5. The molecule has 0 atom stereocenters. The predicted octanol–water partition coefficient (Wildman–Crippen LogP) is 12.1. The van der Waals surface area contributed by atoms with Gasteiger partial charge < -0.3 is 0 Å². The summed E-state index contributed by atoms with van der Waals surface area (Å²) in [4.78, 5) is 5.32. The van der Waals surface area contributed by atoms with Gasteiger partial charge in [0.05, 0.1) is 16.7 Å². The van der Waals surface area contributed by atoms with E-state index in [0.29, 0.717) is 17.8 Å². The van der Waals surface area contributed by atoms with Gasteiger partial charge in [-0.2, -0.15) is 0 Å². The molecule has 7 rings (SSSR count). The largest absolute Gasteiger partial charge is 0.292 e. The molecule has 2 nitrogen and oxygen atoms in total. The molecule has 43 heavy (non-hydrogen) atoms. The summed E-state index contributed by atoms with van der Waals surface area (Å²) >= 11 is 1.89. The van der Waals surface area contributed by atoms with E-state index >= 15 is 0 Å². The van der Waals surface area contributed by atoms with Crippen molar-refractivity contribution in [1.82, 2.24) is 9.55 Å². The Morgan fingerprint density at radius 2 is 1.26 bits per heavy atom. The smallest absolute Gasteiger partial charge is 0.145 e. The minimum Gasteiger partial charge on any atom is -0.292 e. The molecule has 3 heteroatoms. The highest BCUT2D eigenvalue weighted by Gasteiger charge is 2.24. The summed E-state index contributed by atoms with van der Waals surface area (Å²) in [7, 11) is 0. The fourth-order valence-corrected chi connectivity index (χ4v) is 7.49. The second kappa shape index (κ2) is 10.8. The molecule has 0 saturated carbocycles. The zero-order valence-electron chi connectivity index (χ0n) is 25.8. The number of fused-ring (bicyclic) bond motifs is 4. The van der Waals surface area contributed by atoms with Crippen LogP contribution in [0.1, 0.15) is 76.0 Å². The molecule has 0 aliphatic heterocycles. The van der Waals surface area contributed by atoms with Gasteiger partial charge in [0.25, 0.3) is 0 Å². The number of benzene rings is 5. The van der Waals surface area contributed by atoms with Crippen molar-refractivity contribution in [2.24, 2.45) is 0 Å². The third-order valence-electron chi connectivity index (χ3n) is 8.72. The van der Waals surface area contributed by atoms with E-state index in [-0.39, 0.29) is 0 Å². The van der Waals surface area contributed by atoms with Gasteiger partial charge in [-0.05, 0) is 94.1 Å². The van der Waals surface area contributed by atoms with E-state index in [1.54, 1.807) is 0 Å². The molecule has 0 fully saturated rings. The summed E-state index contributed by atoms with van der Waals surface area (Å²) in [6, 6.07) is 38.1. The van der Waals surface area contributed by atoms with Gasteiger partial charge in [-0.3, -0.25) is 4.57 Å². The molecule has 0 radical (unpaired) electrons. The predicted molar refractivity (Wildman–Crippen MR) is 187 cm³/mol. The van der Waals surface area contributed by atoms with Crippen LogP contribution in [0.5, 0.6) is 0 Å². The average Bonchev–Trinajstić information content (AvgIpc) is 3.58. The van der Waals surface area contributed by atoms with Crippen molar-refractivity contribution in [3.8, 4) is 28.2 Å². The van der Waals surface area contributed by atoms with Crippen molar-refractivity contribution >= 4 is 42.5 Å². The van der Waals surface area contributed by atoms with Gasteiger partial charge in [-0.25, -0.2) is 4.98 Å². The molecule has 0 unspecified atom stereocenters. The first-order chi connectivity index (χ1) is 20.8. The zero-order valence-corrected chi connectivity index (χ0v) is 26.7. The van der Waals surface area contributed by atoms with Crippen LogP contribution in [0.4, 0.5) is 0 Å². The Labute approximate surface area is 258 Å². The van der Waals surface area contributed by atoms with Gasteiger partial charge >= 0.3 is 0 Å². The van der Waals surface area contributed by atoms with Crippen LogP contribution in [0.25, 0.3) is 59.4 Å². The van der Waals surface area contributed by atoms with Crippen LogP contribution >= 0.6 is 11.3 Å². The minimum atomic E-state index is 0.337. The number of nitrogens with zero attached hydrogens (tertiary/aromatic N) is 2. The fourth-order valence-electron chi connectivity index (χ4n) is 6.35. The number of hydrogen-bond donors (Lipinski definition) is 0. The molecule has 0 aliphatic rings. The summed E-state index contributed by atoms with van der Waals surface area (Å²) in [6.45, 7) is 13.8. The van der Waals surface area contributed by atoms with Crippen LogP contribution in [0.15, 0.2) is 103 Å². The van der Waals surface area contributed by atoms with Gasteiger partial charge in [0.15, 0.2) is 0 Å². The topological polar surface area (TPSA) is 17.8 Å². The lowest BCUT2D eigenvalue weighted by atomic mass is 9.88. The van der Waals surface area contributed by atoms with Gasteiger partial charge in [0.2, 0.25) is 0 Å². The van der Waals surface area contributed by atoms with Crippen LogP contribution in [0.2, 0.25) is 0 Å². The standard InChI is InChI=1S/C40H38N2S/c1-24(2)28-16-18-31-34-20-29(17-19-37(34)43-38(31)23-28)40-41-35-14-10-11-15-36(35)42(40)39-32(25(3)4)21-30(22-33(39)26(5)6)27-12-8-7-9-13-27/h7-26H,1-6H3. The van der Waals surface area contributed by atoms with E-state index < -0.39 is 0 Å². The Balaban J connectivity index is 1.51. The zero-order chi connectivity index (χ0) is 29.8. The van der Waals surface area contributed by atoms with Crippen LogP contribution in [0.3, 0.4) is 0 Å². The molecular weight excluding hydrogens is 541 g/mol. The molecule has 0 aliphatic carbocycles. The van der Waals surface area contributed by atoms with Gasteiger partial charge in [-0.1, -0.05) is 96.1 Å². The van der Waals surface area contributed by atoms with Gasteiger partial charge in [-0.15, -0.1) is 11.3 Å². The Morgan fingerprint density at radius 1 is 0.558 bits per heavy atom. The number of rotatable bonds is 6. The highest BCUT2D eigenvalue weighted by molar-refractivity contribution is 7.25. The lowest BCUT2D eigenvalue weighted by Crippen LogP contribution is -2.09. The molecule has 7 aromatic rings. The molecule has 2 aromatic heterocycles. The molecule has 0 amide bonds. The number of thiophene rings is 1. The van der Waals surface area contributed by atoms with E-state index in [2.05, 4.69) is 149 Å². The first kappa shape index (κ1) is 27.6. The lowest BCUT2D eigenvalue weighted by Gasteiger charge is -2.24. The maximum atomic E-state index is 5.32. The highest BCUT2D eigenvalue weighted by atomic mass is 32.1. The monoisotopic (exact) mass is 578 g/mol. The van der Waals surface area contributed by atoms with Crippen molar-refractivity contribution in [2.45, 2.75) is 59.3 Å². The molecule has 0 N–H and O–H groups in total. The maximum absolute atomic E-state index is 5.32. The number of hydrogen-bond acceptors (Lipinski definition) is 2. The summed E-state index contributed by atoms with van der Waals surface area (Å²) in [5.74, 6) is 2.19. The second-order valence-corrected chi connectivity index (χ2v) is 13.7. The normalized spacial score (nSPS) is 12.1. The summed E-state index contributed by atoms with van der Waals surface area (Å²) < 4.78 is 5.12. The fraction of sp³-hybridized carbons (Fsp3) is 0.225. The van der Waals surface area contributed by atoms with Crippen molar-refractivity contribution in [3.63, 3.8) is 0 Å². The van der Waals surface area contributed by atoms with Crippen LogP contribution in [0, 0.1) is 0 Å². The molecule has 2 heterocycles. The number of imidazole rings is 1. The third-order valence-corrected chi connectivity index (χ3v) is 9.86. The molecule has 0 saturated heterocycles. The van der Waals surface area contributed by atoms with Crippen molar-refractivity contribution in [2.75, 3.05) is 0 Å². The van der Waals surface area contributed by atoms with Crippen molar-refractivity contribution in [1.29, 1.82) is 0 Å². The second-order valence-electron chi connectivity index (χ2n) is 12.7. The number of para-hydroxylation sites is 2. The Kier molecular flexibility index (Phi) is 6.94. The molecule has 214 valence electrons. The molecular formula is C40H38N2S. The van der Waals surface area contributed by atoms with Gasteiger partial charge in [0.1, 0.15) is 5.82 Å². The molecule has 5 aromatic carbocycles. The Bertz CT molecular complexity index is 2080. The van der Waals surface area contributed by atoms with E-state index in [1.807, 2.05) is 11.3 Å². The van der Waals surface area contributed by atoms with Crippen LogP contribution in [-0.2, 0) is 0 Å². The molecule has 0 spiro atoms. The maximum Gasteiger partial charge on any atom is 0.145 e. The van der Waals surface area contributed by atoms with E-state index in [0.717, 1.165) is 22.4 Å². The Hall–Kier alpha value is -4.21. The summed E-state index contributed by atoms with van der Waals surface area (Å²) in [6.07, 6.45) is 0. The summed E-state index contributed by atoms with van der Waals surface area (Å²) in [5.41, 5.74) is 11.2.